The molecule has 1 heterocycles. The van der Waals surface area contributed by atoms with Crippen molar-refractivity contribution < 1.29 is 14.3 Å². The quantitative estimate of drug-likeness (QED) is 0.780. The Balaban J connectivity index is 2.10. The van der Waals surface area contributed by atoms with Crippen LogP contribution in [0, 0.1) is 16.5 Å². The van der Waals surface area contributed by atoms with Gasteiger partial charge in [0.1, 0.15) is 17.5 Å². The summed E-state index contributed by atoms with van der Waals surface area (Å²) in [7, 11) is 1.38. The molecule has 0 spiro atoms. The molecule has 1 atom stereocenters. The lowest BCUT2D eigenvalue weighted by Crippen LogP contribution is -2.46. The fraction of sp³-hybridized carbons (Fsp3) is 0.556. The normalized spacial score (nSPS) is 17.6. The van der Waals surface area contributed by atoms with Crippen LogP contribution in [-0.4, -0.2) is 42.8 Å². The largest absolute Gasteiger partial charge is 0.758 e. The van der Waals surface area contributed by atoms with Crippen LogP contribution in [0.5, 0.6) is 5.75 Å². The summed E-state index contributed by atoms with van der Waals surface area (Å²) in [4.78, 5) is 13.9. The Morgan fingerprint density at radius 3 is 2.76 bits per heavy atom. The van der Waals surface area contributed by atoms with Crippen LogP contribution in [0.4, 0.5) is 10.5 Å². The fourth-order valence-electron chi connectivity index (χ4n) is 2.64. The van der Waals surface area contributed by atoms with Crippen molar-refractivity contribution in [3.05, 3.63) is 29.0 Å². The van der Waals surface area contributed by atoms with Gasteiger partial charge in [-0.25, -0.2) is 4.79 Å². The van der Waals surface area contributed by atoms with Crippen LogP contribution in [-0.2, 0) is 4.74 Å². The molecule has 1 aliphatic heterocycles. The Bertz CT molecular complexity index is 661. The van der Waals surface area contributed by atoms with Gasteiger partial charge < -0.3 is 24.6 Å². The summed E-state index contributed by atoms with van der Waals surface area (Å²) in [5.74, 6) is 0.354. The molecular weight excluding hydrogens is 322 g/mol. The first-order valence-electron chi connectivity index (χ1n) is 8.29. The molecule has 0 unspecified atom stereocenters. The van der Waals surface area contributed by atoms with E-state index in [0.717, 1.165) is 12.8 Å². The van der Waals surface area contributed by atoms with Crippen molar-refractivity contribution in [1.82, 2.24) is 4.90 Å². The highest BCUT2D eigenvalue weighted by Crippen LogP contribution is 2.30. The average molecular weight is 346 g/mol. The van der Waals surface area contributed by atoms with E-state index in [1.54, 1.807) is 23.1 Å². The molecule has 25 heavy (non-hydrogen) atoms. The Labute approximate surface area is 148 Å². The number of nitrogens with zero attached hydrogens (tertiary/aromatic N) is 3. The molecule has 2 rings (SSSR count). The maximum atomic E-state index is 12.2. The molecule has 0 N–H and O–H groups in total. The van der Waals surface area contributed by atoms with Gasteiger partial charge in [-0.15, -0.1) is 0 Å². The van der Waals surface area contributed by atoms with E-state index >= 15 is 0 Å². The van der Waals surface area contributed by atoms with Gasteiger partial charge in [-0.3, -0.25) is 0 Å². The van der Waals surface area contributed by atoms with E-state index < -0.39 is 5.60 Å². The number of carbonyl (C=O) groups is 1. The highest BCUT2D eigenvalue weighted by Gasteiger charge is 2.29. The summed E-state index contributed by atoms with van der Waals surface area (Å²) in [5, 5.41) is 21.5. The summed E-state index contributed by atoms with van der Waals surface area (Å²) >= 11 is 0. The highest BCUT2D eigenvalue weighted by molar-refractivity contribution is 5.68. The van der Waals surface area contributed by atoms with E-state index in [-0.39, 0.29) is 12.2 Å². The van der Waals surface area contributed by atoms with Gasteiger partial charge in [0.05, 0.1) is 23.9 Å². The van der Waals surface area contributed by atoms with Gasteiger partial charge in [0.25, 0.3) is 0 Å². The van der Waals surface area contributed by atoms with Crippen molar-refractivity contribution in [2.75, 3.05) is 25.2 Å². The van der Waals surface area contributed by atoms with Gasteiger partial charge in [0.2, 0.25) is 0 Å². The Hall–Kier alpha value is -2.46. The van der Waals surface area contributed by atoms with E-state index in [9.17, 15) is 10.0 Å². The first-order chi connectivity index (χ1) is 11.7. The van der Waals surface area contributed by atoms with E-state index in [0.29, 0.717) is 35.2 Å². The van der Waals surface area contributed by atoms with Crippen molar-refractivity contribution >= 4 is 11.8 Å². The van der Waals surface area contributed by atoms with E-state index in [2.05, 4.69) is 0 Å². The van der Waals surface area contributed by atoms with Gasteiger partial charge >= 0.3 is 6.09 Å². The third-order valence-electron chi connectivity index (χ3n) is 3.75. The summed E-state index contributed by atoms with van der Waals surface area (Å²) in [6.45, 7) is 6.47. The zero-order valence-corrected chi connectivity index (χ0v) is 15.1. The summed E-state index contributed by atoms with van der Waals surface area (Å²) in [6, 6.07) is 6.73. The van der Waals surface area contributed by atoms with E-state index in [1.807, 2.05) is 26.8 Å². The number of rotatable bonds is 3. The molecule has 0 aromatic heterocycles. The van der Waals surface area contributed by atoms with Crippen LogP contribution in [0.2, 0.25) is 0 Å². The Morgan fingerprint density at radius 1 is 1.44 bits per heavy atom. The number of carbonyl (C=O) groups excluding carboxylic acids is 1. The molecule has 1 fully saturated rings. The highest BCUT2D eigenvalue weighted by atomic mass is 16.6. The van der Waals surface area contributed by atoms with E-state index in [1.165, 1.54) is 7.05 Å². The topological polar surface area (TPSA) is 88.9 Å². The lowest BCUT2D eigenvalue weighted by molar-refractivity contribution is 0.00782. The number of likely N-dealkylation sites (tertiary alicyclic amines) is 1. The number of amides is 1. The van der Waals surface area contributed by atoms with Crippen molar-refractivity contribution in [1.29, 1.82) is 5.26 Å². The molecule has 1 aromatic rings. The molecular formula is C18H24N3O4-. The van der Waals surface area contributed by atoms with Crippen molar-refractivity contribution in [3.8, 4) is 11.8 Å². The summed E-state index contributed by atoms with van der Waals surface area (Å²) in [6.07, 6.45) is 0.921. The summed E-state index contributed by atoms with van der Waals surface area (Å²) < 4.78 is 11.4. The number of benzene rings is 1. The number of hydrogen-bond donors (Lipinski definition) is 0. The predicted octanol–water partition coefficient (Wildman–Crippen LogP) is 3.27. The maximum absolute atomic E-state index is 12.2. The molecule has 136 valence electrons. The lowest BCUT2D eigenvalue weighted by Gasteiger charge is -2.35. The molecule has 0 saturated carbocycles. The van der Waals surface area contributed by atoms with Gasteiger partial charge in [0.15, 0.2) is 0 Å². The molecule has 7 nitrogen and oxygen atoms in total. The molecule has 0 aliphatic carbocycles. The molecule has 1 aliphatic rings. The van der Waals surface area contributed by atoms with Crippen molar-refractivity contribution in [2.24, 2.45) is 0 Å². The van der Waals surface area contributed by atoms with Gasteiger partial charge in [0, 0.05) is 12.6 Å². The second-order valence-corrected chi connectivity index (χ2v) is 7.10. The monoisotopic (exact) mass is 346 g/mol. The predicted molar refractivity (Wildman–Crippen MR) is 94.4 cm³/mol. The third kappa shape index (κ3) is 5.26. The van der Waals surface area contributed by atoms with Gasteiger partial charge in [-0.2, -0.15) is 5.26 Å². The first-order valence-corrected chi connectivity index (χ1v) is 8.29. The number of nitriles is 1. The van der Waals surface area contributed by atoms with Crippen molar-refractivity contribution in [3.63, 3.8) is 0 Å². The number of hydrogen-bond acceptors (Lipinski definition) is 6. The summed E-state index contributed by atoms with van der Waals surface area (Å²) in [5.41, 5.74) is 0.221. The van der Waals surface area contributed by atoms with Crippen LogP contribution in [0.1, 0.15) is 39.2 Å². The third-order valence-corrected chi connectivity index (χ3v) is 3.75. The number of anilines is 1. The second-order valence-electron chi connectivity index (χ2n) is 7.10. The van der Waals surface area contributed by atoms with Crippen LogP contribution < -0.4 is 9.80 Å². The van der Waals surface area contributed by atoms with Crippen LogP contribution in [0.15, 0.2) is 18.2 Å². The smallest absolute Gasteiger partial charge is 0.410 e. The number of ether oxygens (including phenoxy) is 2. The van der Waals surface area contributed by atoms with E-state index in [4.69, 9.17) is 14.7 Å². The van der Waals surface area contributed by atoms with Crippen LogP contribution in [0.25, 0.3) is 0 Å². The number of piperidine rings is 1. The first kappa shape index (κ1) is 18.9. The lowest BCUT2D eigenvalue weighted by atomic mass is 10.1. The molecule has 1 aromatic carbocycles. The Kier molecular flexibility index (Phi) is 5.75. The van der Waals surface area contributed by atoms with Crippen molar-refractivity contribution in [2.45, 2.75) is 45.3 Å². The average Bonchev–Trinajstić information content (AvgIpc) is 2.53. The number of hydroxylamine groups is 1. The zero-order chi connectivity index (χ0) is 18.6. The standard InChI is InChI=1S/C18H24N3O4/c1-18(2,3)25-17(22)21-9-5-6-14(12-21)24-16-10-13(11-19)7-8-15(16)20(4)23/h7-8,10,14H,5-6,9,12H2,1-4H3/q-1/t14-/m0/s1. The fourth-order valence-corrected chi connectivity index (χ4v) is 2.64. The molecule has 0 bridgehead atoms. The second kappa shape index (κ2) is 7.62. The maximum Gasteiger partial charge on any atom is 0.410 e. The molecule has 0 radical (unpaired) electrons. The Morgan fingerprint density at radius 2 is 2.16 bits per heavy atom. The minimum Gasteiger partial charge on any atom is -0.758 e. The van der Waals surface area contributed by atoms with Gasteiger partial charge in [-0.05, 0) is 52.8 Å². The van der Waals surface area contributed by atoms with Gasteiger partial charge in [-0.1, -0.05) is 0 Å². The molecule has 7 heteroatoms. The molecule has 1 amide bonds. The zero-order valence-electron chi connectivity index (χ0n) is 15.1. The molecule has 1 saturated heterocycles. The minimum absolute atomic E-state index is 0.256. The minimum atomic E-state index is -0.551. The SMILES string of the molecule is CN([O-])c1ccc(C#N)cc1O[C@H]1CCCN(C(=O)OC(C)(C)C)C1. The van der Waals surface area contributed by atoms with Crippen LogP contribution >= 0.6 is 0 Å². The van der Waals surface area contributed by atoms with Crippen LogP contribution in [0.3, 0.4) is 0 Å².